The summed E-state index contributed by atoms with van der Waals surface area (Å²) in [6.45, 7) is 10.5. The standard InChI is InChI=1S/C17H34N2O3/c1-14-8-6-7-9-15(14)18-10-11-19(12-13-21-5)16(20)22-17(2,3)4/h14-15,18H,6-13H2,1-5H3. The molecule has 130 valence electrons. The Labute approximate surface area is 135 Å². The first-order chi connectivity index (χ1) is 10.3. The molecule has 1 fully saturated rings. The molecular formula is C17H34N2O3. The molecule has 1 saturated carbocycles. The van der Waals surface area contributed by atoms with Gasteiger partial charge in [-0.2, -0.15) is 0 Å². The fourth-order valence-corrected chi connectivity index (χ4v) is 2.83. The lowest BCUT2D eigenvalue weighted by atomic mass is 9.86. The van der Waals surface area contributed by atoms with E-state index in [1.165, 1.54) is 25.7 Å². The van der Waals surface area contributed by atoms with Crippen LogP contribution in [0, 0.1) is 5.92 Å². The minimum Gasteiger partial charge on any atom is -0.444 e. The average molecular weight is 314 g/mol. The van der Waals surface area contributed by atoms with Gasteiger partial charge in [-0.3, -0.25) is 0 Å². The maximum absolute atomic E-state index is 12.2. The lowest BCUT2D eigenvalue weighted by Crippen LogP contribution is -2.45. The SMILES string of the molecule is COCCN(CCNC1CCCCC1C)C(=O)OC(C)(C)C. The van der Waals surface area contributed by atoms with Crippen molar-refractivity contribution in [2.75, 3.05) is 33.4 Å². The lowest BCUT2D eigenvalue weighted by Gasteiger charge is -2.31. The van der Waals surface area contributed by atoms with Crippen molar-refractivity contribution >= 4 is 6.09 Å². The van der Waals surface area contributed by atoms with Gasteiger partial charge in [-0.15, -0.1) is 0 Å². The van der Waals surface area contributed by atoms with Crippen molar-refractivity contribution in [3.05, 3.63) is 0 Å². The van der Waals surface area contributed by atoms with Crippen molar-refractivity contribution in [3.63, 3.8) is 0 Å². The van der Waals surface area contributed by atoms with Crippen LogP contribution < -0.4 is 5.32 Å². The largest absolute Gasteiger partial charge is 0.444 e. The molecule has 5 heteroatoms. The topological polar surface area (TPSA) is 50.8 Å². The zero-order valence-electron chi connectivity index (χ0n) is 15.0. The third-order valence-corrected chi connectivity index (χ3v) is 4.12. The number of rotatable bonds is 7. The van der Waals surface area contributed by atoms with Gasteiger partial charge in [0.1, 0.15) is 5.60 Å². The molecule has 0 bridgehead atoms. The number of ether oxygens (including phenoxy) is 2. The number of methoxy groups -OCH3 is 1. The molecular weight excluding hydrogens is 280 g/mol. The third kappa shape index (κ3) is 7.45. The molecule has 0 spiro atoms. The van der Waals surface area contributed by atoms with Gasteiger partial charge in [0.05, 0.1) is 6.61 Å². The van der Waals surface area contributed by atoms with Crippen LogP contribution in [-0.4, -0.2) is 56.0 Å². The third-order valence-electron chi connectivity index (χ3n) is 4.12. The zero-order valence-corrected chi connectivity index (χ0v) is 15.0. The maximum Gasteiger partial charge on any atom is 0.410 e. The van der Waals surface area contributed by atoms with Gasteiger partial charge in [0.2, 0.25) is 0 Å². The summed E-state index contributed by atoms with van der Waals surface area (Å²) in [4.78, 5) is 14.0. The van der Waals surface area contributed by atoms with Gasteiger partial charge < -0.3 is 19.7 Å². The van der Waals surface area contributed by atoms with Crippen LogP contribution in [-0.2, 0) is 9.47 Å². The van der Waals surface area contributed by atoms with Crippen LogP contribution in [0.4, 0.5) is 4.79 Å². The molecule has 2 atom stereocenters. The van der Waals surface area contributed by atoms with Crippen LogP contribution in [0.25, 0.3) is 0 Å². The van der Waals surface area contributed by atoms with E-state index >= 15 is 0 Å². The van der Waals surface area contributed by atoms with Gasteiger partial charge in [0.15, 0.2) is 0 Å². The number of hydrogen-bond acceptors (Lipinski definition) is 4. The van der Waals surface area contributed by atoms with E-state index in [9.17, 15) is 4.79 Å². The number of hydrogen-bond donors (Lipinski definition) is 1. The van der Waals surface area contributed by atoms with Crippen LogP contribution in [0.15, 0.2) is 0 Å². The Morgan fingerprint density at radius 2 is 1.91 bits per heavy atom. The van der Waals surface area contributed by atoms with E-state index in [2.05, 4.69) is 12.2 Å². The van der Waals surface area contributed by atoms with Crippen LogP contribution in [0.1, 0.15) is 53.4 Å². The van der Waals surface area contributed by atoms with E-state index < -0.39 is 5.60 Å². The Bertz CT molecular complexity index is 328. The molecule has 0 aliphatic heterocycles. The van der Waals surface area contributed by atoms with E-state index in [4.69, 9.17) is 9.47 Å². The summed E-state index contributed by atoms with van der Waals surface area (Å²) in [5.74, 6) is 0.725. The molecule has 0 saturated heterocycles. The second-order valence-corrected chi connectivity index (χ2v) is 7.28. The Morgan fingerprint density at radius 1 is 1.23 bits per heavy atom. The highest BCUT2D eigenvalue weighted by molar-refractivity contribution is 5.68. The maximum atomic E-state index is 12.2. The first kappa shape index (κ1) is 19.2. The van der Waals surface area contributed by atoms with Crippen LogP contribution in [0.5, 0.6) is 0 Å². The molecule has 1 rings (SSSR count). The molecule has 0 heterocycles. The monoisotopic (exact) mass is 314 g/mol. The summed E-state index contributed by atoms with van der Waals surface area (Å²) in [7, 11) is 1.65. The highest BCUT2D eigenvalue weighted by atomic mass is 16.6. The summed E-state index contributed by atoms with van der Waals surface area (Å²) in [5.41, 5.74) is -0.465. The van der Waals surface area contributed by atoms with E-state index in [1.807, 2.05) is 20.8 Å². The molecule has 0 aromatic rings. The van der Waals surface area contributed by atoms with E-state index in [0.29, 0.717) is 25.7 Å². The van der Waals surface area contributed by atoms with Crippen molar-refractivity contribution in [2.24, 2.45) is 5.92 Å². The molecule has 5 nitrogen and oxygen atoms in total. The smallest absolute Gasteiger partial charge is 0.410 e. The second-order valence-electron chi connectivity index (χ2n) is 7.28. The molecule has 1 amide bonds. The Hall–Kier alpha value is -0.810. The van der Waals surface area contributed by atoms with Gasteiger partial charge in [0, 0.05) is 32.8 Å². The zero-order chi connectivity index (χ0) is 16.6. The molecule has 1 aliphatic rings. The quantitative estimate of drug-likeness (QED) is 0.785. The van der Waals surface area contributed by atoms with Gasteiger partial charge in [-0.1, -0.05) is 19.8 Å². The summed E-state index contributed by atoms with van der Waals surface area (Å²) in [6.07, 6.45) is 4.93. The fraction of sp³-hybridized carbons (Fsp3) is 0.941. The van der Waals surface area contributed by atoms with E-state index in [-0.39, 0.29) is 6.09 Å². The van der Waals surface area contributed by atoms with Crippen molar-refractivity contribution in [3.8, 4) is 0 Å². The lowest BCUT2D eigenvalue weighted by molar-refractivity contribution is 0.0201. The van der Waals surface area contributed by atoms with Crippen LogP contribution >= 0.6 is 0 Å². The molecule has 0 aromatic heterocycles. The van der Waals surface area contributed by atoms with Gasteiger partial charge in [0.25, 0.3) is 0 Å². The summed E-state index contributed by atoms with van der Waals surface area (Å²) in [6, 6.07) is 0.580. The van der Waals surface area contributed by atoms with E-state index in [1.54, 1.807) is 12.0 Å². The minimum atomic E-state index is -0.465. The van der Waals surface area contributed by atoms with Crippen LogP contribution in [0.2, 0.25) is 0 Å². The Morgan fingerprint density at radius 3 is 2.50 bits per heavy atom. The number of amides is 1. The van der Waals surface area contributed by atoms with Gasteiger partial charge in [-0.25, -0.2) is 4.79 Å². The van der Waals surface area contributed by atoms with Crippen molar-refractivity contribution in [1.82, 2.24) is 10.2 Å². The molecule has 22 heavy (non-hydrogen) atoms. The molecule has 0 aromatic carbocycles. The number of carbonyl (C=O) groups excluding carboxylic acids is 1. The normalized spacial score (nSPS) is 22.4. The summed E-state index contributed by atoms with van der Waals surface area (Å²) < 4.78 is 10.6. The van der Waals surface area contributed by atoms with Crippen molar-refractivity contribution in [1.29, 1.82) is 0 Å². The number of carbonyl (C=O) groups is 1. The average Bonchev–Trinajstić information content (AvgIpc) is 2.42. The molecule has 1 N–H and O–H groups in total. The Kier molecular flexibility index (Phi) is 8.18. The van der Waals surface area contributed by atoms with Gasteiger partial charge in [-0.05, 0) is 39.5 Å². The fourth-order valence-electron chi connectivity index (χ4n) is 2.83. The number of nitrogens with zero attached hydrogens (tertiary/aromatic N) is 1. The molecule has 1 aliphatic carbocycles. The highest BCUT2D eigenvalue weighted by Crippen LogP contribution is 2.23. The van der Waals surface area contributed by atoms with Crippen LogP contribution in [0.3, 0.4) is 0 Å². The van der Waals surface area contributed by atoms with Crippen molar-refractivity contribution in [2.45, 2.75) is 65.0 Å². The van der Waals surface area contributed by atoms with Gasteiger partial charge >= 0.3 is 6.09 Å². The highest BCUT2D eigenvalue weighted by Gasteiger charge is 2.23. The Balaban J connectivity index is 2.41. The van der Waals surface area contributed by atoms with E-state index in [0.717, 1.165) is 12.5 Å². The predicted octanol–water partition coefficient (Wildman–Crippen LogP) is 3.04. The number of nitrogens with one attached hydrogen (secondary N) is 1. The minimum absolute atomic E-state index is 0.261. The summed E-state index contributed by atoms with van der Waals surface area (Å²) >= 11 is 0. The second kappa shape index (κ2) is 9.36. The van der Waals surface area contributed by atoms with Crippen molar-refractivity contribution < 1.29 is 14.3 Å². The molecule has 0 radical (unpaired) electrons. The predicted molar refractivity (Wildman–Crippen MR) is 89.1 cm³/mol. The summed E-state index contributed by atoms with van der Waals surface area (Å²) in [5, 5.41) is 3.61. The first-order valence-corrected chi connectivity index (χ1v) is 8.53. The molecule has 2 unspecified atom stereocenters. The first-order valence-electron chi connectivity index (χ1n) is 8.53.